The summed E-state index contributed by atoms with van der Waals surface area (Å²) in [5.74, 6) is -1.31. The number of anilines is 2. The van der Waals surface area contributed by atoms with E-state index in [1.807, 2.05) is 57.2 Å². The van der Waals surface area contributed by atoms with Gasteiger partial charge in [-0.15, -0.1) is 0 Å². The van der Waals surface area contributed by atoms with E-state index in [1.165, 1.54) is 12.1 Å². The van der Waals surface area contributed by atoms with Gasteiger partial charge in [0.25, 0.3) is 5.91 Å². The molecule has 1 amide bonds. The Kier molecular flexibility index (Phi) is 9.58. The number of nitrogens with one attached hydrogen (secondary N) is 3. The predicted molar refractivity (Wildman–Crippen MR) is 168 cm³/mol. The van der Waals surface area contributed by atoms with Crippen molar-refractivity contribution in [2.24, 2.45) is 0 Å². The standard InChI is InChI=1S/C34H39F2N5O3/c1-34(2,3)44-31(42)9-6-14-41-15-12-26(13-16-41)37-29-8-5-4-7-27(29)33(43)38-32-28-20-22(10-11-30(28)39-40-32)17-23-18-24(35)21-25(36)19-23/h4-5,7-8,10-11,18-21,26,37H,6,9,12-17H2,1-3H3,(H2,38,39,40,43). The first-order valence-corrected chi connectivity index (χ1v) is 15.1. The first-order chi connectivity index (χ1) is 21.0. The zero-order valence-electron chi connectivity index (χ0n) is 25.4. The van der Waals surface area contributed by atoms with Crippen LogP contribution >= 0.6 is 0 Å². The fraction of sp³-hybridized carbons (Fsp3) is 0.382. The van der Waals surface area contributed by atoms with Gasteiger partial charge in [0.1, 0.15) is 17.2 Å². The maximum absolute atomic E-state index is 13.7. The topological polar surface area (TPSA) is 99.3 Å². The van der Waals surface area contributed by atoms with Gasteiger partial charge >= 0.3 is 5.97 Å². The van der Waals surface area contributed by atoms with Crippen LogP contribution in [0, 0.1) is 11.6 Å². The average molecular weight is 604 g/mol. The number of aromatic nitrogens is 2. The van der Waals surface area contributed by atoms with E-state index >= 15 is 0 Å². The molecule has 1 aliphatic rings. The summed E-state index contributed by atoms with van der Waals surface area (Å²) in [5, 5.41) is 14.5. The number of carbonyl (C=O) groups is 2. The van der Waals surface area contributed by atoms with Crippen molar-refractivity contribution in [1.29, 1.82) is 0 Å². The third-order valence-electron chi connectivity index (χ3n) is 7.58. The number of halogens is 2. The summed E-state index contributed by atoms with van der Waals surface area (Å²) < 4.78 is 32.8. The highest BCUT2D eigenvalue weighted by atomic mass is 19.1. The smallest absolute Gasteiger partial charge is 0.306 e. The van der Waals surface area contributed by atoms with E-state index in [-0.39, 0.29) is 17.9 Å². The number of ether oxygens (including phenoxy) is 1. The van der Waals surface area contributed by atoms with Crippen LogP contribution in [0.4, 0.5) is 20.3 Å². The normalized spacial score (nSPS) is 14.5. The van der Waals surface area contributed by atoms with Crippen LogP contribution in [0.1, 0.15) is 67.9 Å². The van der Waals surface area contributed by atoms with E-state index in [0.717, 1.165) is 61.7 Å². The molecule has 1 aromatic heterocycles. The largest absolute Gasteiger partial charge is 0.460 e. The lowest BCUT2D eigenvalue weighted by Gasteiger charge is -2.33. The Balaban J connectivity index is 1.18. The Morgan fingerprint density at radius 1 is 1.00 bits per heavy atom. The summed E-state index contributed by atoms with van der Waals surface area (Å²) in [7, 11) is 0. The molecule has 0 unspecified atom stereocenters. The Labute approximate surface area is 256 Å². The fourth-order valence-electron chi connectivity index (χ4n) is 5.56. The highest BCUT2D eigenvalue weighted by Crippen LogP contribution is 2.26. The average Bonchev–Trinajstić information content (AvgIpc) is 3.34. The lowest BCUT2D eigenvalue weighted by atomic mass is 10.0. The van der Waals surface area contributed by atoms with Crippen molar-refractivity contribution in [1.82, 2.24) is 15.1 Å². The molecule has 44 heavy (non-hydrogen) atoms. The minimum Gasteiger partial charge on any atom is -0.460 e. The SMILES string of the molecule is CC(C)(C)OC(=O)CCCN1CCC(Nc2ccccc2C(=O)Nc2n[nH]c3ccc(Cc4cc(F)cc(F)c4)cc23)CC1. The monoisotopic (exact) mass is 603 g/mol. The molecule has 1 fully saturated rings. The Hall–Kier alpha value is -4.31. The van der Waals surface area contributed by atoms with Gasteiger partial charge in [-0.05, 0) is 101 Å². The molecule has 0 spiro atoms. The van der Waals surface area contributed by atoms with Crippen molar-refractivity contribution in [2.45, 2.75) is 64.5 Å². The van der Waals surface area contributed by atoms with Gasteiger partial charge in [0.2, 0.25) is 0 Å². The van der Waals surface area contributed by atoms with Crippen molar-refractivity contribution < 1.29 is 23.1 Å². The molecule has 0 saturated carbocycles. The number of hydrogen-bond donors (Lipinski definition) is 3. The van der Waals surface area contributed by atoms with E-state index < -0.39 is 17.2 Å². The second-order valence-corrected chi connectivity index (χ2v) is 12.4. The number of piperidine rings is 1. The van der Waals surface area contributed by atoms with Crippen LogP contribution in [0.25, 0.3) is 10.9 Å². The molecule has 3 aromatic carbocycles. The van der Waals surface area contributed by atoms with Crippen LogP contribution in [0.2, 0.25) is 0 Å². The summed E-state index contributed by atoms with van der Waals surface area (Å²) in [6.07, 6.45) is 3.35. The molecule has 10 heteroatoms. The number of H-pyrrole nitrogens is 1. The van der Waals surface area contributed by atoms with Gasteiger partial charge in [0.15, 0.2) is 5.82 Å². The lowest BCUT2D eigenvalue weighted by Crippen LogP contribution is -2.40. The van der Waals surface area contributed by atoms with E-state index in [1.54, 1.807) is 6.07 Å². The van der Waals surface area contributed by atoms with Gasteiger partial charge in [0.05, 0.1) is 11.1 Å². The first-order valence-electron chi connectivity index (χ1n) is 15.1. The minimum absolute atomic E-state index is 0.159. The molecule has 8 nitrogen and oxygen atoms in total. The molecular formula is C34H39F2N5O3. The molecule has 232 valence electrons. The third kappa shape index (κ3) is 8.41. The molecule has 0 radical (unpaired) electrons. The van der Waals surface area contributed by atoms with Gasteiger partial charge in [-0.3, -0.25) is 14.7 Å². The molecule has 0 atom stereocenters. The molecule has 2 heterocycles. The van der Waals surface area contributed by atoms with E-state index in [4.69, 9.17) is 4.74 Å². The zero-order valence-corrected chi connectivity index (χ0v) is 25.4. The lowest BCUT2D eigenvalue weighted by molar-refractivity contribution is -0.155. The summed E-state index contributed by atoms with van der Waals surface area (Å²) in [6, 6.07) is 16.7. The van der Waals surface area contributed by atoms with Crippen molar-refractivity contribution in [3.05, 3.63) is 89.0 Å². The van der Waals surface area contributed by atoms with Crippen LogP contribution < -0.4 is 10.6 Å². The molecule has 0 aliphatic carbocycles. The predicted octanol–water partition coefficient (Wildman–Crippen LogP) is 6.68. The Morgan fingerprint density at radius 2 is 1.73 bits per heavy atom. The van der Waals surface area contributed by atoms with Crippen LogP contribution in [-0.4, -0.2) is 58.3 Å². The number of rotatable bonds is 10. The molecular weight excluding hydrogens is 564 g/mol. The van der Waals surface area contributed by atoms with Crippen LogP contribution in [0.3, 0.4) is 0 Å². The van der Waals surface area contributed by atoms with Gasteiger partial charge in [0, 0.05) is 42.7 Å². The third-order valence-corrected chi connectivity index (χ3v) is 7.58. The highest BCUT2D eigenvalue weighted by Gasteiger charge is 2.22. The maximum Gasteiger partial charge on any atom is 0.306 e. The molecule has 4 aromatic rings. The minimum atomic E-state index is -0.620. The van der Waals surface area contributed by atoms with E-state index in [0.29, 0.717) is 35.2 Å². The molecule has 1 saturated heterocycles. The maximum atomic E-state index is 13.7. The molecule has 5 rings (SSSR count). The zero-order chi connectivity index (χ0) is 31.3. The molecule has 0 bridgehead atoms. The van der Waals surface area contributed by atoms with Gasteiger partial charge < -0.3 is 20.3 Å². The molecule has 1 aliphatic heterocycles. The van der Waals surface area contributed by atoms with Crippen LogP contribution in [0.15, 0.2) is 60.7 Å². The van der Waals surface area contributed by atoms with Crippen molar-refractivity contribution >= 4 is 34.3 Å². The van der Waals surface area contributed by atoms with Crippen molar-refractivity contribution in [3.63, 3.8) is 0 Å². The molecule has 3 N–H and O–H groups in total. The number of hydrogen-bond acceptors (Lipinski definition) is 6. The fourth-order valence-corrected chi connectivity index (χ4v) is 5.56. The number of fused-ring (bicyclic) bond motifs is 1. The second-order valence-electron chi connectivity index (χ2n) is 12.4. The number of benzene rings is 3. The number of esters is 1. The number of carbonyl (C=O) groups excluding carboxylic acids is 2. The summed E-state index contributed by atoms with van der Waals surface area (Å²) in [5.41, 5.74) is 2.88. The first kappa shape index (κ1) is 31.1. The number of aromatic amines is 1. The summed E-state index contributed by atoms with van der Waals surface area (Å²) in [4.78, 5) is 27.8. The van der Waals surface area contributed by atoms with E-state index in [9.17, 15) is 18.4 Å². The summed E-state index contributed by atoms with van der Waals surface area (Å²) >= 11 is 0. The van der Waals surface area contributed by atoms with Crippen LogP contribution in [0.5, 0.6) is 0 Å². The van der Waals surface area contributed by atoms with E-state index in [2.05, 4.69) is 25.7 Å². The number of likely N-dealkylation sites (tertiary alicyclic amines) is 1. The highest BCUT2D eigenvalue weighted by molar-refractivity contribution is 6.10. The quantitative estimate of drug-likeness (QED) is 0.175. The van der Waals surface area contributed by atoms with Gasteiger partial charge in [-0.25, -0.2) is 8.78 Å². The second kappa shape index (κ2) is 13.5. The Morgan fingerprint density at radius 3 is 2.45 bits per heavy atom. The van der Waals surface area contributed by atoms with Gasteiger partial charge in [-0.1, -0.05) is 18.2 Å². The summed E-state index contributed by atoms with van der Waals surface area (Å²) in [6.45, 7) is 8.30. The van der Waals surface area contributed by atoms with Crippen molar-refractivity contribution in [2.75, 3.05) is 30.3 Å². The number of nitrogens with zero attached hydrogens (tertiary/aromatic N) is 2. The van der Waals surface area contributed by atoms with Crippen molar-refractivity contribution in [3.8, 4) is 0 Å². The number of amides is 1. The Bertz CT molecular complexity index is 1600. The van der Waals surface area contributed by atoms with Crippen LogP contribution in [-0.2, 0) is 16.0 Å². The number of para-hydroxylation sites is 1. The van der Waals surface area contributed by atoms with Gasteiger partial charge in [-0.2, -0.15) is 5.10 Å².